The quantitative estimate of drug-likeness (QED) is 0.554. The van der Waals surface area contributed by atoms with Gasteiger partial charge in [-0.25, -0.2) is 4.68 Å². The number of nitrogen functional groups attached to an aromatic ring is 1. The largest absolute Gasteiger partial charge is 0.337 e. The number of benzene rings is 2. The minimum atomic E-state index is 0.376. The molecule has 0 saturated heterocycles. The Bertz CT molecular complexity index is 708. The van der Waals surface area contributed by atoms with Gasteiger partial charge in [0, 0.05) is 5.39 Å². The molecule has 0 spiro atoms. The van der Waals surface area contributed by atoms with Gasteiger partial charge in [0.15, 0.2) is 0 Å². The van der Waals surface area contributed by atoms with Crippen molar-refractivity contribution in [3.8, 4) is 0 Å². The van der Waals surface area contributed by atoms with Gasteiger partial charge in [-0.05, 0) is 11.5 Å². The van der Waals surface area contributed by atoms with Crippen LogP contribution >= 0.6 is 11.3 Å². The summed E-state index contributed by atoms with van der Waals surface area (Å²) in [5.74, 6) is 5.84. The molecule has 0 amide bonds. The molecule has 4 heteroatoms. The molecule has 0 fully saturated rings. The van der Waals surface area contributed by atoms with Crippen molar-refractivity contribution >= 4 is 32.3 Å². The maximum Gasteiger partial charge on any atom is 0.201 e. The number of rotatable bonds is 0. The van der Waals surface area contributed by atoms with Crippen LogP contribution in [0.15, 0.2) is 36.4 Å². The number of nitrogens with zero attached hydrogens (tertiary/aromatic N) is 1. The highest BCUT2D eigenvalue weighted by molar-refractivity contribution is 7.16. The van der Waals surface area contributed by atoms with Crippen LogP contribution in [0.4, 0.5) is 0 Å². The van der Waals surface area contributed by atoms with E-state index in [1.807, 2.05) is 24.3 Å². The predicted molar refractivity (Wildman–Crippen MR) is 63.3 cm³/mol. The minimum Gasteiger partial charge on any atom is -0.337 e. The van der Waals surface area contributed by atoms with Crippen LogP contribution in [0.1, 0.15) is 0 Å². The Kier molecular flexibility index (Phi) is 1.61. The molecule has 0 aliphatic rings. The van der Waals surface area contributed by atoms with Crippen molar-refractivity contribution in [2.45, 2.75) is 0 Å². The predicted octanol–water partition coefficient (Wildman–Crippen LogP) is 2.05. The number of hydrogen-bond acceptors (Lipinski definition) is 3. The van der Waals surface area contributed by atoms with Crippen LogP contribution in [0, 0.1) is 5.41 Å². The molecule has 1 aromatic heterocycles. The molecule has 0 aliphatic carbocycles. The van der Waals surface area contributed by atoms with Gasteiger partial charge in [-0.3, -0.25) is 5.41 Å². The normalized spacial score (nSPS) is 11.2. The highest BCUT2D eigenvalue weighted by atomic mass is 32.1. The molecule has 3 N–H and O–H groups in total. The van der Waals surface area contributed by atoms with E-state index in [9.17, 15) is 0 Å². The van der Waals surface area contributed by atoms with Gasteiger partial charge in [0.25, 0.3) is 0 Å². The first kappa shape index (κ1) is 8.49. The van der Waals surface area contributed by atoms with E-state index in [1.54, 1.807) is 0 Å². The van der Waals surface area contributed by atoms with Crippen LogP contribution in [-0.2, 0) is 0 Å². The standard InChI is InChI=1S/C11H9N3S/c12-11-14(13)10-8-4-2-1-3-7(8)5-6-9(10)15-11/h1-6,12H,13H2. The summed E-state index contributed by atoms with van der Waals surface area (Å²) in [6, 6.07) is 12.2. The average molecular weight is 215 g/mol. The smallest absolute Gasteiger partial charge is 0.201 e. The Morgan fingerprint density at radius 3 is 2.80 bits per heavy atom. The first-order valence-corrected chi connectivity index (χ1v) is 5.42. The molecule has 3 aromatic rings. The average Bonchev–Trinajstić information content (AvgIpc) is 2.55. The lowest BCUT2D eigenvalue weighted by Crippen LogP contribution is -2.21. The van der Waals surface area contributed by atoms with Gasteiger partial charge in [0.05, 0.1) is 10.2 Å². The van der Waals surface area contributed by atoms with Gasteiger partial charge in [-0.2, -0.15) is 0 Å². The minimum absolute atomic E-state index is 0.376. The molecule has 0 aliphatic heterocycles. The summed E-state index contributed by atoms with van der Waals surface area (Å²) in [7, 11) is 0. The molecule has 1 heterocycles. The lowest BCUT2D eigenvalue weighted by Gasteiger charge is -2.00. The van der Waals surface area contributed by atoms with Gasteiger partial charge < -0.3 is 5.84 Å². The molecular formula is C11H9N3S. The molecule has 0 saturated carbocycles. The Balaban J connectivity index is 2.69. The van der Waals surface area contributed by atoms with Crippen LogP contribution in [0.2, 0.25) is 0 Å². The van der Waals surface area contributed by atoms with Gasteiger partial charge >= 0.3 is 0 Å². The Labute approximate surface area is 89.9 Å². The molecule has 74 valence electrons. The Morgan fingerprint density at radius 2 is 1.93 bits per heavy atom. The molecule has 0 unspecified atom stereocenters. The summed E-state index contributed by atoms with van der Waals surface area (Å²) < 4.78 is 2.50. The van der Waals surface area contributed by atoms with Crippen molar-refractivity contribution < 1.29 is 0 Å². The highest BCUT2D eigenvalue weighted by Gasteiger charge is 2.06. The molecule has 0 atom stereocenters. The van der Waals surface area contributed by atoms with Gasteiger partial charge in [-0.1, -0.05) is 41.7 Å². The fraction of sp³-hybridized carbons (Fsp3) is 0. The monoisotopic (exact) mass is 215 g/mol. The van der Waals surface area contributed by atoms with Crippen molar-refractivity contribution in [1.29, 1.82) is 5.41 Å². The summed E-state index contributed by atoms with van der Waals surface area (Å²) in [5, 5.41) is 9.94. The highest BCUT2D eigenvalue weighted by Crippen LogP contribution is 2.25. The lowest BCUT2D eigenvalue weighted by atomic mass is 10.1. The summed E-state index contributed by atoms with van der Waals surface area (Å²) in [6.07, 6.45) is 0. The number of nitrogens with two attached hydrogens (primary N) is 1. The third kappa shape index (κ3) is 1.08. The van der Waals surface area contributed by atoms with E-state index < -0.39 is 0 Å². The molecule has 2 aromatic carbocycles. The first-order chi connectivity index (χ1) is 7.27. The molecular weight excluding hydrogens is 206 g/mol. The number of hydrogen-bond donors (Lipinski definition) is 2. The maximum atomic E-state index is 7.68. The van der Waals surface area contributed by atoms with Gasteiger partial charge in [0.2, 0.25) is 4.80 Å². The zero-order chi connectivity index (χ0) is 10.4. The van der Waals surface area contributed by atoms with E-state index in [2.05, 4.69) is 12.1 Å². The van der Waals surface area contributed by atoms with Crippen LogP contribution in [0.5, 0.6) is 0 Å². The van der Waals surface area contributed by atoms with E-state index in [0.717, 1.165) is 21.0 Å². The number of thiazole rings is 1. The number of fused-ring (bicyclic) bond motifs is 3. The van der Waals surface area contributed by atoms with E-state index in [4.69, 9.17) is 11.3 Å². The van der Waals surface area contributed by atoms with Crippen molar-refractivity contribution in [3.05, 3.63) is 41.2 Å². The Morgan fingerprint density at radius 1 is 1.13 bits per heavy atom. The molecule has 15 heavy (non-hydrogen) atoms. The van der Waals surface area contributed by atoms with Crippen molar-refractivity contribution in [2.75, 3.05) is 5.84 Å². The number of nitrogens with one attached hydrogen (secondary N) is 1. The van der Waals surface area contributed by atoms with Crippen LogP contribution in [-0.4, -0.2) is 4.68 Å². The second kappa shape index (κ2) is 2.84. The van der Waals surface area contributed by atoms with Gasteiger partial charge in [0.1, 0.15) is 0 Å². The second-order valence-electron chi connectivity index (χ2n) is 3.41. The summed E-state index contributed by atoms with van der Waals surface area (Å²) >= 11 is 1.40. The van der Waals surface area contributed by atoms with Crippen LogP contribution in [0.25, 0.3) is 21.0 Å². The van der Waals surface area contributed by atoms with Crippen LogP contribution < -0.4 is 10.6 Å². The molecule has 3 nitrogen and oxygen atoms in total. The maximum absolute atomic E-state index is 7.68. The lowest BCUT2D eigenvalue weighted by molar-refractivity contribution is 0.971. The van der Waals surface area contributed by atoms with E-state index in [-0.39, 0.29) is 0 Å². The summed E-state index contributed by atoms with van der Waals surface area (Å²) in [6.45, 7) is 0. The van der Waals surface area contributed by atoms with Crippen LogP contribution in [0.3, 0.4) is 0 Å². The van der Waals surface area contributed by atoms with E-state index >= 15 is 0 Å². The van der Waals surface area contributed by atoms with Crippen molar-refractivity contribution in [2.24, 2.45) is 0 Å². The zero-order valence-corrected chi connectivity index (χ0v) is 8.71. The van der Waals surface area contributed by atoms with E-state index in [0.29, 0.717) is 4.80 Å². The fourth-order valence-electron chi connectivity index (χ4n) is 1.82. The zero-order valence-electron chi connectivity index (χ0n) is 7.90. The molecule has 0 bridgehead atoms. The Hall–Kier alpha value is -1.81. The summed E-state index contributed by atoms with van der Waals surface area (Å²) in [4.78, 5) is 0.376. The van der Waals surface area contributed by atoms with Gasteiger partial charge in [-0.15, -0.1) is 0 Å². The SMILES string of the molecule is N=c1sc2ccc3ccccc3c2n1N. The van der Waals surface area contributed by atoms with E-state index in [1.165, 1.54) is 16.0 Å². The number of aromatic nitrogens is 1. The van der Waals surface area contributed by atoms with Crippen molar-refractivity contribution in [1.82, 2.24) is 4.68 Å². The first-order valence-electron chi connectivity index (χ1n) is 4.60. The second-order valence-corrected chi connectivity index (χ2v) is 4.44. The molecule has 0 radical (unpaired) electrons. The van der Waals surface area contributed by atoms with Crippen molar-refractivity contribution in [3.63, 3.8) is 0 Å². The molecule has 3 rings (SSSR count). The summed E-state index contributed by atoms with van der Waals surface area (Å²) in [5.41, 5.74) is 0.947. The third-order valence-corrected chi connectivity index (χ3v) is 3.47. The fourth-order valence-corrected chi connectivity index (χ4v) is 2.66. The topological polar surface area (TPSA) is 54.8 Å². The third-order valence-electron chi connectivity index (χ3n) is 2.53.